The van der Waals surface area contributed by atoms with Gasteiger partial charge in [-0.25, -0.2) is 9.36 Å². The van der Waals surface area contributed by atoms with Crippen molar-refractivity contribution in [2.75, 3.05) is 6.73 Å². The minimum absolute atomic E-state index is 0.0846. The van der Waals surface area contributed by atoms with Gasteiger partial charge in [-0.15, -0.1) is 10.2 Å². The van der Waals surface area contributed by atoms with Gasteiger partial charge in [0.2, 0.25) is 0 Å². The third-order valence-electron chi connectivity index (χ3n) is 4.88. The number of rotatable bonds is 4. The fourth-order valence-corrected chi connectivity index (χ4v) is 3.28. The van der Waals surface area contributed by atoms with Gasteiger partial charge < -0.3 is 9.64 Å². The number of hydrogen-bond acceptors (Lipinski definition) is 8. The first-order valence-electron chi connectivity index (χ1n) is 8.69. The minimum atomic E-state index is -0.304. The van der Waals surface area contributed by atoms with Crippen LogP contribution in [0.2, 0.25) is 0 Å². The fraction of sp³-hybridized carbons (Fsp3) is 0.438. The molecule has 138 valence electrons. The maximum atomic E-state index is 12.9. The van der Waals surface area contributed by atoms with Crippen LogP contribution in [0.4, 0.5) is 0 Å². The molecule has 1 amide bonds. The number of nitrogens with zero attached hydrogens (tertiary/aromatic N) is 8. The number of amides is 1. The molecule has 3 heterocycles. The van der Waals surface area contributed by atoms with Gasteiger partial charge in [0.25, 0.3) is 11.5 Å². The van der Waals surface area contributed by atoms with Gasteiger partial charge in [0.15, 0.2) is 6.73 Å². The molecule has 11 nitrogen and oxygen atoms in total. The Labute approximate surface area is 152 Å². The van der Waals surface area contributed by atoms with Crippen molar-refractivity contribution in [2.24, 2.45) is 0 Å². The Morgan fingerprint density at radius 2 is 2.11 bits per heavy atom. The average Bonchev–Trinajstić information content (AvgIpc) is 3.38. The summed E-state index contributed by atoms with van der Waals surface area (Å²) in [4.78, 5) is 27.3. The monoisotopic (exact) mass is 368 g/mol. The summed E-state index contributed by atoms with van der Waals surface area (Å²) in [7, 11) is 0. The molecule has 0 radical (unpaired) electrons. The molecular formula is C16H16N8O3. The molecule has 1 aliphatic carbocycles. The van der Waals surface area contributed by atoms with Crippen molar-refractivity contribution in [3.8, 4) is 5.75 Å². The minimum Gasteiger partial charge on any atom is -0.472 e. The van der Waals surface area contributed by atoms with Crippen LogP contribution in [0.5, 0.6) is 5.75 Å². The van der Waals surface area contributed by atoms with Crippen molar-refractivity contribution in [2.45, 2.75) is 38.4 Å². The first-order valence-corrected chi connectivity index (χ1v) is 8.69. The summed E-state index contributed by atoms with van der Waals surface area (Å²) in [5, 5.41) is 19.5. The predicted molar refractivity (Wildman–Crippen MR) is 91.0 cm³/mol. The van der Waals surface area contributed by atoms with Gasteiger partial charge in [-0.2, -0.15) is 0 Å². The third-order valence-corrected chi connectivity index (χ3v) is 4.88. The lowest BCUT2D eigenvalue weighted by Crippen LogP contribution is -2.40. The summed E-state index contributed by atoms with van der Waals surface area (Å²) in [5.41, 5.74) is 0.497. The van der Waals surface area contributed by atoms with Crippen molar-refractivity contribution >= 4 is 16.8 Å². The normalized spacial score (nSPS) is 17.7. The van der Waals surface area contributed by atoms with E-state index < -0.39 is 0 Å². The lowest BCUT2D eigenvalue weighted by molar-refractivity contribution is 0.0499. The molecule has 0 bridgehead atoms. The molecular weight excluding hydrogens is 352 g/mol. The SMILES string of the molecule is C[C@H](Cn1cnnn1)n1nnc2cc3c(cc2c1=O)OCN(C1CC1)C3=O. The van der Waals surface area contributed by atoms with Crippen LogP contribution in [-0.4, -0.2) is 58.8 Å². The van der Waals surface area contributed by atoms with Crippen LogP contribution in [0.25, 0.3) is 10.9 Å². The van der Waals surface area contributed by atoms with Crippen LogP contribution in [0.1, 0.15) is 36.2 Å². The molecule has 2 aliphatic rings. The predicted octanol–water partition coefficient (Wildman–Crippen LogP) is -0.00630. The Morgan fingerprint density at radius 1 is 1.26 bits per heavy atom. The van der Waals surface area contributed by atoms with E-state index in [-0.39, 0.29) is 30.3 Å². The molecule has 1 aromatic carbocycles. The molecule has 0 saturated heterocycles. The molecule has 1 fully saturated rings. The third kappa shape index (κ3) is 2.62. The summed E-state index contributed by atoms with van der Waals surface area (Å²) in [6.07, 6.45) is 3.47. The summed E-state index contributed by atoms with van der Waals surface area (Å²) in [5.74, 6) is 0.327. The molecule has 0 spiro atoms. The first-order chi connectivity index (χ1) is 13.1. The number of benzene rings is 1. The smallest absolute Gasteiger partial charge is 0.278 e. The number of carbonyl (C=O) groups is 1. The van der Waals surface area contributed by atoms with Gasteiger partial charge in [0.05, 0.1) is 23.5 Å². The van der Waals surface area contributed by atoms with Crippen LogP contribution < -0.4 is 10.3 Å². The highest BCUT2D eigenvalue weighted by Gasteiger charge is 2.37. The molecule has 3 aromatic rings. The number of carbonyl (C=O) groups excluding carboxylic acids is 1. The van der Waals surface area contributed by atoms with Crippen molar-refractivity contribution in [1.29, 1.82) is 0 Å². The second-order valence-electron chi connectivity index (χ2n) is 6.87. The summed E-state index contributed by atoms with van der Waals surface area (Å²) in [6.45, 7) is 2.42. The van der Waals surface area contributed by atoms with Gasteiger partial charge in [0.1, 0.15) is 17.6 Å². The van der Waals surface area contributed by atoms with Gasteiger partial charge in [-0.1, -0.05) is 5.21 Å². The molecule has 1 aliphatic heterocycles. The number of aromatic nitrogens is 7. The fourth-order valence-electron chi connectivity index (χ4n) is 3.28. The van der Waals surface area contributed by atoms with E-state index in [1.165, 1.54) is 15.7 Å². The quantitative estimate of drug-likeness (QED) is 0.630. The van der Waals surface area contributed by atoms with Gasteiger partial charge in [0, 0.05) is 6.04 Å². The van der Waals surface area contributed by atoms with E-state index in [1.54, 1.807) is 17.0 Å². The molecule has 1 saturated carbocycles. The van der Waals surface area contributed by atoms with Crippen molar-refractivity contribution < 1.29 is 9.53 Å². The molecule has 1 atom stereocenters. The largest absolute Gasteiger partial charge is 0.472 e. The van der Waals surface area contributed by atoms with Crippen LogP contribution in [0.15, 0.2) is 23.3 Å². The Kier molecular flexibility index (Phi) is 3.42. The van der Waals surface area contributed by atoms with Crippen molar-refractivity contribution in [1.82, 2.24) is 40.1 Å². The van der Waals surface area contributed by atoms with Crippen LogP contribution in [-0.2, 0) is 6.54 Å². The van der Waals surface area contributed by atoms with Crippen LogP contribution in [0.3, 0.4) is 0 Å². The molecule has 5 rings (SSSR count). The Bertz CT molecular complexity index is 1090. The number of ether oxygens (including phenoxy) is 1. The maximum Gasteiger partial charge on any atom is 0.278 e. The lowest BCUT2D eigenvalue weighted by atomic mass is 10.1. The average molecular weight is 368 g/mol. The van der Waals surface area contributed by atoms with Gasteiger partial charge >= 0.3 is 0 Å². The Morgan fingerprint density at radius 3 is 2.85 bits per heavy atom. The number of tetrazole rings is 1. The van der Waals surface area contributed by atoms with E-state index in [4.69, 9.17) is 4.74 Å². The lowest BCUT2D eigenvalue weighted by Gasteiger charge is -2.28. The molecule has 11 heteroatoms. The van der Waals surface area contributed by atoms with Gasteiger partial charge in [-0.05, 0) is 42.3 Å². The van der Waals surface area contributed by atoms with Crippen molar-refractivity contribution in [3.63, 3.8) is 0 Å². The van der Waals surface area contributed by atoms with E-state index in [9.17, 15) is 9.59 Å². The topological polar surface area (TPSA) is 121 Å². The van der Waals surface area contributed by atoms with Crippen molar-refractivity contribution in [3.05, 3.63) is 34.4 Å². The Hall–Kier alpha value is -3.37. The molecule has 0 N–H and O–H groups in total. The van der Waals surface area contributed by atoms with E-state index in [0.717, 1.165) is 12.8 Å². The second-order valence-corrected chi connectivity index (χ2v) is 6.87. The van der Waals surface area contributed by atoms with Crippen LogP contribution in [0, 0.1) is 0 Å². The summed E-state index contributed by atoms with van der Waals surface area (Å²) < 4.78 is 8.54. The van der Waals surface area contributed by atoms with Crippen LogP contribution >= 0.6 is 0 Å². The van der Waals surface area contributed by atoms with E-state index in [2.05, 4.69) is 25.8 Å². The van der Waals surface area contributed by atoms with E-state index >= 15 is 0 Å². The zero-order valence-corrected chi connectivity index (χ0v) is 14.5. The van der Waals surface area contributed by atoms with Gasteiger partial charge in [-0.3, -0.25) is 9.59 Å². The summed E-state index contributed by atoms with van der Waals surface area (Å²) >= 11 is 0. The Balaban J connectivity index is 1.53. The van der Waals surface area contributed by atoms with E-state index in [0.29, 0.717) is 28.8 Å². The number of hydrogen-bond donors (Lipinski definition) is 0. The zero-order valence-electron chi connectivity index (χ0n) is 14.5. The maximum absolute atomic E-state index is 12.9. The second kappa shape index (κ2) is 5.83. The molecule has 2 aromatic heterocycles. The zero-order chi connectivity index (χ0) is 18.5. The van der Waals surface area contributed by atoms with E-state index in [1.807, 2.05) is 6.92 Å². The standard InChI is InChI=1S/C16H16N8O3/c1-9(6-22-7-17-19-21-22)24-16(26)11-5-14-12(4-13(11)18-20-24)15(25)23(8-27-14)10-2-3-10/h4-5,7,9-10H,2-3,6,8H2,1H3/t9-/m1/s1. The molecule has 0 unspecified atom stereocenters. The highest BCUT2D eigenvalue weighted by Crippen LogP contribution is 2.34. The summed E-state index contributed by atoms with van der Waals surface area (Å²) in [6, 6.07) is 3.13. The first kappa shape index (κ1) is 15.9. The number of fused-ring (bicyclic) bond motifs is 2. The molecule has 27 heavy (non-hydrogen) atoms. The highest BCUT2D eigenvalue weighted by atomic mass is 16.5. The highest BCUT2D eigenvalue weighted by molar-refractivity contribution is 6.01.